The van der Waals surface area contributed by atoms with Crippen molar-refractivity contribution in [2.75, 3.05) is 50.5 Å². The lowest BCUT2D eigenvalue weighted by molar-refractivity contribution is 0.182. The van der Waals surface area contributed by atoms with Crippen LogP contribution in [0.3, 0.4) is 0 Å². The molecule has 0 aliphatic carbocycles. The SMILES string of the molecule is CN(C)c1ccc(NC(=O)NCCCN2CCC(Cc3ccccc3)CC2)cc1. The third-order valence-electron chi connectivity index (χ3n) is 5.65. The maximum Gasteiger partial charge on any atom is 0.319 e. The molecule has 2 N–H and O–H groups in total. The molecule has 1 saturated heterocycles. The minimum Gasteiger partial charge on any atom is -0.378 e. The van der Waals surface area contributed by atoms with Gasteiger partial charge in [0.25, 0.3) is 0 Å². The summed E-state index contributed by atoms with van der Waals surface area (Å²) < 4.78 is 0. The fraction of sp³-hybridized carbons (Fsp3) is 0.458. The molecule has 1 fully saturated rings. The first kappa shape index (κ1) is 21.2. The molecule has 1 heterocycles. The molecule has 156 valence electrons. The van der Waals surface area contributed by atoms with Gasteiger partial charge in [-0.15, -0.1) is 0 Å². The van der Waals surface area contributed by atoms with E-state index in [2.05, 4.69) is 45.9 Å². The zero-order valence-electron chi connectivity index (χ0n) is 17.7. The van der Waals surface area contributed by atoms with Crippen molar-refractivity contribution in [3.8, 4) is 0 Å². The predicted molar refractivity (Wildman–Crippen MR) is 122 cm³/mol. The third-order valence-corrected chi connectivity index (χ3v) is 5.65. The molecule has 29 heavy (non-hydrogen) atoms. The van der Waals surface area contributed by atoms with Crippen molar-refractivity contribution in [1.82, 2.24) is 10.2 Å². The van der Waals surface area contributed by atoms with Crippen LogP contribution < -0.4 is 15.5 Å². The van der Waals surface area contributed by atoms with Crippen LogP contribution in [0.2, 0.25) is 0 Å². The highest BCUT2D eigenvalue weighted by molar-refractivity contribution is 5.89. The molecule has 0 spiro atoms. The number of carbonyl (C=O) groups excluding carboxylic acids is 1. The highest BCUT2D eigenvalue weighted by Crippen LogP contribution is 2.21. The second kappa shape index (κ2) is 10.9. The molecule has 2 aromatic rings. The number of rotatable bonds is 8. The number of benzene rings is 2. The molecule has 0 radical (unpaired) electrons. The number of urea groups is 1. The fourth-order valence-electron chi connectivity index (χ4n) is 3.88. The van der Waals surface area contributed by atoms with Crippen LogP contribution in [-0.4, -0.2) is 51.2 Å². The van der Waals surface area contributed by atoms with E-state index < -0.39 is 0 Å². The Kier molecular flexibility index (Phi) is 7.94. The average molecular weight is 395 g/mol. The number of carbonyl (C=O) groups is 1. The second-order valence-corrected chi connectivity index (χ2v) is 8.15. The number of piperidine rings is 1. The summed E-state index contributed by atoms with van der Waals surface area (Å²) in [6.45, 7) is 4.09. The Morgan fingerprint density at radius 3 is 2.38 bits per heavy atom. The zero-order chi connectivity index (χ0) is 20.5. The van der Waals surface area contributed by atoms with E-state index in [1.807, 2.05) is 43.3 Å². The highest BCUT2D eigenvalue weighted by atomic mass is 16.2. The van der Waals surface area contributed by atoms with Gasteiger partial charge in [-0.05, 0) is 81.1 Å². The monoisotopic (exact) mass is 394 g/mol. The van der Waals surface area contributed by atoms with E-state index >= 15 is 0 Å². The topological polar surface area (TPSA) is 47.6 Å². The second-order valence-electron chi connectivity index (χ2n) is 8.15. The van der Waals surface area contributed by atoms with Gasteiger partial charge >= 0.3 is 6.03 Å². The molecular formula is C24H34N4O. The number of hydrogen-bond acceptors (Lipinski definition) is 3. The van der Waals surface area contributed by atoms with Crippen LogP contribution in [0, 0.1) is 5.92 Å². The summed E-state index contributed by atoms with van der Waals surface area (Å²) in [5, 5.41) is 5.86. The first-order valence-corrected chi connectivity index (χ1v) is 10.7. The van der Waals surface area contributed by atoms with E-state index in [0.717, 1.165) is 30.3 Å². The first-order valence-electron chi connectivity index (χ1n) is 10.7. The number of nitrogens with zero attached hydrogens (tertiary/aromatic N) is 2. The van der Waals surface area contributed by atoms with Crippen LogP contribution in [-0.2, 0) is 6.42 Å². The minimum absolute atomic E-state index is 0.135. The number of hydrogen-bond donors (Lipinski definition) is 2. The van der Waals surface area contributed by atoms with Crippen molar-refractivity contribution in [2.24, 2.45) is 5.92 Å². The van der Waals surface area contributed by atoms with Gasteiger partial charge in [0.1, 0.15) is 0 Å². The Bertz CT molecular complexity index is 737. The molecule has 5 nitrogen and oxygen atoms in total. The average Bonchev–Trinajstić information content (AvgIpc) is 2.73. The predicted octanol–water partition coefficient (Wildman–Crippen LogP) is 4.22. The molecule has 3 rings (SSSR count). The number of likely N-dealkylation sites (tertiary alicyclic amines) is 1. The Morgan fingerprint density at radius 1 is 1.03 bits per heavy atom. The van der Waals surface area contributed by atoms with Crippen molar-refractivity contribution in [2.45, 2.75) is 25.7 Å². The van der Waals surface area contributed by atoms with Gasteiger partial charge in [0.15, 0.2) is 0 Å². The Hall–Kier alpha value is -2.53. The minimum atomic E-state index is -0.135. The van der Waals surface area contributed by atoms with E-state index in [1.54, 1.807) is 0 Å². The van der Waals surface area contributed by atoms with E-state index in [1.165, 1.54) is 37.9 Å². The van der Waals surface area contributed by atoms with Gasteiger partial charge in [-0.3, -0.25) is 0 Å². The van der Waals surface area contributed by atoms with Crippen LogP contribution in [0.4, 0.5) is 16.2 Å². The van der Waals surface area contributed by atoms with Gasteiger partial charge in [-0.25, -0.2) is 4.79 Å². The molecule has 1 aliphatic rings. The van der Waals surface area contributed by atoms with Crippen molar-refractivity contribution in [1.29, 1.82) is 0 Å². The molecule has 0 aromatic heterocycles. The van der Waals surface area contributed by atoms with Crippen LogP contribution in [0.1, 0.15) is 24.8 Å². The Morgan fingerprint density at radius 2 is 1.72 bits per heavy atom. The van der Waals surface area contributed by atoms with E-state index in [9.17, 15) is 4.79 Å². The van der Waals surface area contributed by atoms with Gasteiger partial charge < -0.3 is 20.4 Å². The summed E-state index contributed by atoms with van der Waals surface area (Å²) in [7, 11) is 4.00. The molecule has 5 heteroatoms. The standard InChI is InChI=1S/C24H34N4O/c1-27(2)23-11-9-22(10-12-23)26-24(29)25-15-6-16-28-17-13-21(14-18-28)19-20-7-4-3-5-8-20/h3-5,7-12,21H,6,13-19H2,1-2H3,(H2,25,26,29). The summed E-state index contributed by atoms with van der Waals surface area (Å²) in [6, 6.07) is 18.5. The lowest BCUT2D eigenvalue weighted by Gasteiger charge is -2.32. The molecule has 2 aromatic carbocycles. The maximum absolute atomic E-state index is 12.1. The first-order chi connectivity index (χ1) is 14.1. The molecule has 0 bridgehead atoms. The Balaban J connectivity index is 1.27. The number of anilines is 2. The van der Waals surface area contributed by atoms with Crippen LogP contribution in [0.25, 0.3) is 0 Å². The summed E-state index contributed by atoms with van der Waals surface area (Å²) in [5.41, 5.74) is 3.38. The molecular weight excluding hydrogens is 360 g/mol. The van der Waals surface area contributed by atoms with Crippen LogP contribution in [0.5, 0.6) is 0 Å². The van der Waals surface area contributed by atoms with E-state index in [-0.39, 0.29) is 6.03 Å². The molecule has 0 saturated carbocycles. The van der Waals surface area contributed by atoms with Crippen LogP contribution in [0.15, 0.2) is 54.6 Å². The summed E-state index contributed by atoms with van der Waals surface area (Å²) in [6.07, 6.45) is 4.72. The van der Waals surface area contributed by atoms with Crippen molar-refractivity contribution in [3.63, 3.8) is 0 Å². The lowest BCUT2D eigenvalue weighted by Crippen LogP contribution is -2.37. The molecule has 0 unspecified atom stereocenters. The van der Waals surface area contributed by atoms with Crippen molar-refractivity contribution in [3.05, 3.63) is 60.2 Å². The molecule has 1 aliphatic heterocycles. The van der Waals surface area contributed by atoms with Gasteiger partial charge in [0.2, 0.25) is 0 Å². The smallest absolute Gasteiger partial charge is 0.319 e. The summed E-state index contributed by atoms with van der Waals surface area (Å²) in [5.74, 6) is 0.802. The largest absolute Gasteiger partial charge is 0.378 e. The van der Waals surface area contributed by atoms with Crippen LogP contribution >= 0.6 is 0 Å². The molecule has 0 atom stereocenters. The van der Waals surface area contributed by atoms with Gasteiger partial charge in [-0.2, -0.15) is 0 Å². The lowest BCUT2D eigenvalue weighted by atomic mass is 9.90. The van der Waals surface area contributed by atoms with Gasteiger partial charge in [-0.1, -0.05) is 30.3 Å². The van der Waals surface area contributed by atoms with E-state index in [4.69, 9.17) is 0 Å². The summed E-state index contributed by atoms with van der Waals surface area (Å²) in [4.78, 5) is 16.6. The van der Waals surface area contributed by atoms with Crippen molar-refractivity contribution < 1.29 is 4.79 Å². The summed E-state index contributed by atoms with van der Waals surface area (Å²) >= 11 is 0. The van der Waals surface area contributed by atoms with E-state index in [0.29, 0.717) is 6.54 Å². The van der Waals surface area contributed by atoms with Crippen molar-refractivity contribution >= 4 is 17.4 Å². The number of nitrogens with one attached hydrogen (secondary N) is 2. The molecule has 2 amide bonds. The van der Waals surface area contributed by atoms with Gasteiger partial charge in [0.05, 0.1) is 0 Å². The zero-order valence-corrected chi connectivity index (χ0v) is 17.7. The highest BCUT2D eigenvalue weighted by Gasteiger charge is 2.19. The quantitative estimate of drug-likeness (QED) is 0.659. The third kappa shape index (κ3) is 7.09. The Labute approximate surface area is 175 Å². The number of amides is 2. The van der Waals surface area contributed by atoms with Gasteiger partial charge in [0, 0.05) is 32.0 Å². The fourth-order valence-corrected chi connectivity index (χ4v) is 3.88. The normalized spacial score (nSPS) is 15.1. The maximum atomic E-state index is 12.1.